The summed E-state index contributed by atoms with van der Waals surface area (Å²) in [7, 11) is 1.46. The topological polar surface area (TPSA) is 102 Å². The van der Waals surface area contributed by atoms with Crippen molar-refractivity contribution in [2.24, 2.45) is 5.73 Å². The number of nitrogens with one attached hydrogen (secondary N) is 1. The number of carboxylic acids is 1. The number of carbonyl (C=O) groups excluding carboxylic acids is 1. The van der Waals surface area contributed by atoms with Gasteiger partial charge in [0.15, 0.2) is 0 Å². The molecular weight excluding hydrogens is 284 g/mol. The molecule has 0 bridgehead atoms. The van der Waals surface area contributed by atoms with Gasteiger partial charge in [0.1, 0.15) is 5.75 Å². The molecule has 1 amide bonds. The summed E-state index contributed by atoms with van der Waals surface area (Å²) in [5.74, 6) is -1.10. The number of benzene rings is 2. The van der Waals surface area contributed by atoms with E-state index in [9.17, 15) is 14.7 Å². The standard InChI is InChI=1S/C16H16N2O4/c1-22-11-6-7-13(16(20)21)14(8-11)18-15(19)12-5-3-2-4-10(12)9-17/h2-8H,9,17H2,1H3,(H,18,19)(H,20,21). The molecule has 2 aromatic carbocycles. The predicted octanol–water partition coefficient (Wildman–Crippen LogP) is 2.10. The van der Waals surface area contributed by atoms with Gasteiger partial charge in [0, 0.05) is 18.2 Å². The molecule has 0 unspecified atom stereocenters. The summed E-state index contributed by atoms with van der Waals surface area (Å²) in [6, 6.07) is 11.3. The van der Waals surface area contributed by atoms with E-state index in [0.717, 1.165) is 0 Å². The molecule has 2 aromatic rings. The molecule has 0 aliphatic carbocycles. The minimum atomic E-state index is -1.13. The molecule has 0 fully saturated rings. The molecule has 0 aliphatic heterocycles. The van der Waals surface area contributed by atoms with Crippen LogP contribution in [0.25, 0.3) is 0 Å². The minimum Gasteiger partial charge on any atom is -0.497 e. The van der Waals surface area contributed by atoms with E-state index in [-0.39, 0.29) is 17.8 Å². The number of anilines is 1. The van der Waals surface area contributed by atoms with Gasteiger partial charge in [-0.3, -0.25) is 4.79 Å². The average molecular weight is 300 g/mol. The zero-order valence-electron chi connectivity index (χ0n) is 12.0. The summed E-state index contributed by atoms with van der Waals surface area (Å²) in [5, 5.41) is 11.8. The fraction of sp³-hybridized carbons (Fsp3) is 0.125. The van der Waals surface area contributed by atoms with Crippen molar-refractivity contribution in [3.63, 3.8) is 0 Å². The molecule has 4 N–H and O–H groups in total. The predicted molar refractivity (Wildman–Crippen MR) is 82.2 cm³/mol. The SMILES string of the molecule is COc1ccc(C(=O)O)c(NC(=O)c2ccccc2CN)c1. The molecule has 0 radical (unpaired) electrons. The molecule has 22 heavy (non-hydrogen) atoms. The van der Waals surface area contributed by atoms with Crippen LogP contribution in [-0.4, -0.2) is 24.1 Å². The van der Waals surface area contributed by atoms with Crippen LogP contribution < -0.4 is 15.8 Å². The van der Waals surface area contributed by atoms with Crippen molar-refractivity contribution < 1.29 is 19.4 Å². The fourth-order valence-corrected chi connectivity index (χ4v) is 2.05. The number of carbonyl (C=O) groups is 2. The van der Waals surface area contributed by atoms with Gasteiger partial charge in [0.05, 0.1) is 18.4 Å². The second-order valence-electron chi connectivity index (χ2n) is 4.53. The van der Waals surface area contributed by atoms with Crippen LogP contribution >= 0.6 is 0 Å². The van der Waals surface area contributed by atoms with Crippen molar-refractivity contribution in [2.45, 2.75) is 6.54 Å². The highest BCUT2D eigenvalue weighted by atomic mass is 16.5. The van der Waals surface area contributed by atoms with Gasteiger partial charge in [-0.05, 0) is 23.8 Å². The van der Waals surface area contributed by atoms with Crippen LogP contribution in [-0.2, 0) is 6.54 Å². The first-order chi connectivity index (χ1) is 10.6. The molecule has 0 saturated carbocycles. The number of ether oxygens (including phenoxy) is 1. The maximum atomic E-state index is 12.4. The average Bonchev–Trinajstić information content (AvgIpc) is 2.54. The van der Waals surface area contributed by atoms with E-state index in [1.165, 1.54) is 25.3 Å². The maximum Gasteiger partial charge on any atom is 0.337 e. The smallest absolute Gasteiger partial charge is 0.337 e. The molecule has 2 rings (SSSR count). The summed E-state index contributed by atoms with van der Waals surface area (Å²) in [6.07, 6.45) is 0. The van der Waals surface area contributed by atoms with Crippen LogP contribution in [0.3, 0.4) is 0 Å². The van der Waals surface area contributed by atoms with Crippen LogP contribution in [0.15, 0.2) is 42.5 Å². The van der Waals surface area contributed by atoms with E-state index in [1.54, 1.807) is 24.3 Å². The Labute approximate surface area is 127 Å². The molecule has 0 aliphatic rings. The number of nitrogens with two attached hydrogens (primary N) is 1. The van der Waals surface area contributed by atoms with Gasteiger partial charge in [-0.15, -0.1) is 0 Å². The third kappa shape index (κ3) is 3.24. The quantitative estimate of drug-likeness (QED) is 0.785. The van der Waals surface area contributed by atoms with Gasteiger partial charge in [-0.1, -0.05) is 18.2 Å². The molecule has 0 aromatic heterocycles. The van der Waals surface area contributed by atoms with Crippen LogP contribution in [0, 0.1) is 0 Å². The molecule has 6 heteroatoms. The monoisotopic (exact) mass is 300 g/mol. The fourth-order valence-electron chi connectivity index (χ4n) is 2.05. The summed E-state index contributed by atoms with van der Waals surface area (Å²) in [4.78, 5) is 23.6. The van der Waals surface area contributed by atoms with Crippen LogP contribution in [0.1, 0.15) is 26.3 Å². The summed E-state index contributed by atoms with van der Waals surface area (Å²) in [6.45, 7) is 0.216. The highest BCUT2D eigenvalue weighted by Gasteiger charge is 2.16. The highest BCUT2D eigenvalue weighted by molar-refractivity contribution is 6.08. The Hall–Kier alpha value is -2.86. The van der Waals surface area contributed by atoms with Gasteiger partial charge < -0.3 is 20.9 Å². The first-order valence-corrected chi connectivity index (χ1v) is 6.57. The number of hydrogen-bond acceptors (Lipinski definition) is 4. The molecular formula is C16H16N2O4. The Morgan fingerprint density at radius 3 is 2.55 bits per heavy atom. The van der Waals surface area contributed by atoms with Crippen molar-refractivity contribution in [3.8, 4) is 5.75 Å². The van der Waals surface area contributed by atoms with Crippen molar-refractivity contribution in [3.05, 3.63) is 59.2 Å². The molecule has 114 valence electrons. The Kier molecular flexibility index (Phi) is 4.75. The highest BCUT2D eigenvalue weighted by Crippen LogP contribution is 2.23. The van der Waals surface area contributed by atoms with E-state index in [0.29, 0.717) is 16.9 Å². The Balaban J connectivity index is 2.37. The van der Waals surface area contributed by atoms with E-state index >= 15 is 0 Å². The molecule has 0 spiro atoms. The van der Waals surface area contributed by atoms with Crippen molar-refractivity contribution in [1.82, 2.24) is 0 Å². The minimum absolute atomic E-state index is 0.0145. The van der Waals surface area contributed by atoms with E-state index in [4.69, 9.17) is 10.5 Å². The largest absolute Gasteiger partial charge is 0.497 e. The van der Waals surface area contributed by atoms with Crippen molar-refractivity contribution >= 4 is 17.6 Å². The van der Waals surface area contributed by atoms with Crippen LogP contribution in [0.5, 0.6) is 5.75 Å². The van der Waals surface area contributed by atoms with Crippen molar-refractivity contribution in [1.29, 1.82) is 0 Å². The zero-order valence-corrected chi connectivity index (χ0v) is 12.0. The first kappa shape index (κ1) is 15.5. The Morgan fingerprint density at radius 1 is 1.18 bits per heavy atom. The Morgan fingerprint density at radius 2 is 1.91 bits per heavy atom. The summed E-state index contributed by atoms with van der Waals surface area (Å²) >= 11 is 0. The second kappa shape index (κ2) is 6.73. The van der Waals surface area contributed by atoms with Gasteiger partial charge in [-0.2, -0.15) is 0 Å². The number of amides is 1. The maximum absolute atomic E-state index is 12.4. The third-order valence-corrected chi connectivity index (χ3v) is 3.19. The normalized spacial score (nSPS) is 10.1. The van der Waals surface area contributed by atoms with Gasteiger partial charge in [0.25, 0.3) is 5.91 Å². The van der Waals surface area contributed by atoms with E-state index in [1.807, 2.05) is 0 Å². The van der Waals surface area contributed by atoms with Gasteiger partial charge in [0.2, 0.25) is 0 Å². The van der Waals surface area contributed by atoms with Crippen LogP contribution in [0.4, 0.5) is 5.69 Å². The van der Waals surface area contributed by atoms with Gasteiger partial charge in [-0.25, -0.2) is 4.79 Å². The number of methoxy groups -OCH3 is 1. The van der Waals surface area contributed by atoms with E-state index in [2.05, 4.69) is 5.32 Å². The lowest BCUT2D eigenvalue weighted by Gasteiger charge is -2.12. The summed E-state index contributed by atoms with van der Waals surface area (Å²) in [5.41, 5.74) is 6.85. The van der Waals surface area contributed by atoms with Gasteiger partial charge >= 0.3 is 5.97 Å². The lowest BCUT2D eigenvalue weighted by molar-refractivity contribution is 0.0698. The lowest BCUT2D eigenvalue weighted by Crippen LogP contribution is -2.17. The second-order valence-corrected chi connectivity index (χ2v) is 4.53. The Bertz CT molecular complexity index is 713. The number of hydrogen-bond donors (Lipinski definition) is 3. The van der Waals surface area contributed by atoms with Crippen molar-refractivity contribution in [2.75, 3.05) is 12.4 Å². The molecule has 0 heterocycles. The third-order valence-electron chi connectivity index (χ3n) is 3.19. The summed E-state index contributed by atoms with van der Waals surface area (Å²) < 4.78 is 5.06. The zero-order chi connectivity index (χ0) is 16.1. The molecule has 0 atom stereocenters. The molecule has 6 nitrogen and oxygen atoms in total. The van der Waals surface area contributed by atoms with E-state index < -0.39 is 11.9 Å². The van der Waals surface area contributed by atoms with Crippen LogP contribution in [0.2, 0.25) is 0 Å². The molecule has 0 saturated heterocycles. The number of rotatable bonds is 5. The lowest BCUT2D eigenvalue weighted by atomic mass is 10.1. The number of aromatic carboxylic acids is 1. The first-order valence-electron chi connectivity index (χ1n) is 6.57. The number of carboxylic acid groups (broad SMARTS) is 1.